The van der Waals surface area contributed by atoms with Gasteiger partial charge in [0.05, 0.1) is 12.1 Å². The molecule has 0 aliphatic heterocycles. The van der Waals surface area contributed by atoms with E-state index in [9.17, 15) is 4.79 Å². The van der Waals surface area contributed by atoms with E-state index in [1.54, 1.807) is 18.2 Å². The number of rotatable bonds is 3. The summed E-state index contributed by atoms with van der Waals surface area (Å²) in [6, 6.07) is 5.14. The predicted molar refractivity (Wildman–Crippen MR) is 77.7 cm³/mol. The molecule has 1 aromatic heterocycles. The van der Waals surface area contributed by atoms with Gasteiger partial charge in [0, 0.05) is 4.47 Å². The van der Waals surface area contributed by atoms with Gasteiger partial charge in [0.15, 0.2) is 10.0 Å². The number of hydrogen-bond acceptors (Lipinski definition) is 5. The van der Waals surface area contributed by atoms with Crippen LogP contribution in [0.3, 0.4) is 0 Å². The number of esters is 1. The highest BCUT2D eigenvalue weighted by molar-refractivity contribution is 9.10. The quantitative estimate of drug-likeness (QED) is 0.716. The van der Waals surface area contributed by atoms with Crippen LogP contribution < -0.4 is 4.74 Å². The summed E-state index contributed by atoms with van der Waals surface area (Å²) in [6.45, 7) is 0. The van der Waals surface area contributed by atoms with Gasteiger partial charge in [-0.2, -0.15) is 4.98 Å². The third kappa shape index (κ3) is 3.39. The molecule has 0 saturated carbocycles. The molecule has 0 N–H and O–H groups in total. The van der Waals surface area contributed by atoms with Gasteiger partial charge in [0.25, 0.3) is 5.19 Å². The van der Waals surface area contributed by atoms with Crippen molar-refractivity contribution in [3.8, 4) is 10.9 Å². The van der Waals surface area contributed by atoms with Crippen molar-refractivity contribution in [3.63, 3.8) is 0 Å². The first-order valence-corrected chi connectivity index (χ1v) is 7.25. The van der Waals surface area contributed by atoms with E-state index in [1.807, 2.05) is 0 Å². The summed E-state index contributed by atoms with van der Waals surface area (Å²) in [5.41, 5.74) is 0. The zero-order valence-corrected chi connectivity index (χ0v) is 13.4. The summed E-state index contributed by atoms with van der Waals surface area (Å²) >= 11 is 16.1. The molecule has 0 saturated heterocycles. The molecule has 0 aliphatic rings. The number of methoxy groups -OCH3 is 1. The number of thiazole rings is 1. The lowest BCUT2D eigenvalue weighted by molar-refractivity contribution is 0.0606. The maximum absolute atomic E-state index is 11.4. The average molecular weight is 383 g/mol. The van der Waals surface area contributed by atoms with Crippen molar-refractivity contribution in [2.24, 2.45) is 0 Å². The van der Waals surface area contributed by atoms with E-state index in [1.165, 1.54) is 7.11 Å². The minimum Gasteiger partial charge on any atom is -0.465 e. The molecule has 0 bridgehead atoms. The highest BCUT2D eigenvalue weighted by atomic mass is 79.9. The van der Waals surface area contributed by atoms with Crippen molar-refractivity contribution in [3.05, 3.63) is 37.7 Å². The summed E-state index contributed by atoms with van der Waals surface area (Å²) in [5.74, 6) is -0.133. The Hall–Kier alpha value is -0.820. The van der Waals surface area contributed by atoms with Crippen LogP contribution in [0.2, 0.25) is 10.2 Å². The van der Waals surface area contributed by atoms with Crippen molar-refractivity contribution in [2.45, 2.75) is 0 Å². The largest absolute Gasteiger partial charge is 0.465 e. The summed E-state index contributed by atoms with van der Waals surface area (Å²) in [5, 5.41) is 0.676. The molecule has 19 heavy (non-hydrogen) atoms. The van der Waals surface area contributed by atoms with E-state index in [-0.39, 0.29) is 15.2 Å². The molecule has 0 radical (unpaired) electrons. The number of aromatic nitrogens is 1. The van der Waals surface area contributed by atoms with Gasteiger partial charge in [-0.3, -0.25) is 0 Å². The molecule has 0 atom stereocenters. The fourth-order valence-corrected chi connectivity index (χ4v) is 2.97. The zero-order chi connectivity index (χ0) is 14.0. The molecule has 0 amide bonds. The first kappa shape index (κ1) is 14.6. The van der Waals surface area contributed by atoms with Gasteiger partial charge in [-0.15, -0.1) is 0 Å². The summed E-state index contributed by atoms with van der Waals surface area (Å²) in [4.78, 5) is 15.5. The van der Waals surface area contributed by atoms with E-state index in [2.05, 4.69) is 25.7 Å². The number of hydrogen-bond donors (Lipinski definition) is 0. The smallest absolute Gasteiger partial charge is 0.351 e. The van der Waals surface area contributed by atoms with Crippen LogP contribution in [-0.2, 0) is 4.74 Å². The van der Waals surface area contributed by atoms with E-state index in [0.29, 0.717) is 10.8 Å². The number of benzene rings is 1. The molecule has 100 valence electrons. The summed E-state index contributed by atoms with van der Waals surface area (Å²) < 4.78 is 10.9. The first-order valence-electron chi connectivity index (χ1n) is 4.89. The molecule has 0 spiro atoms. The minimum absolute atomic E-state index is 0.0417. The number of nitrogens with zero attached hydrogens (tertiary/aromatic N) is 1. The highest BCUT2D eigenvalue weighted by Crippen LogP contribution is 2.36. The Balaban J connectivity index is 2.26. The van der Waals surface area contributed by atoms with Crippen LogP contribution in [0, 0.1) is 0 Å². The molecule has 2 rings (SSSR count). The molecular formula is C11H6BrCl2NO3S. The Kier molecular flexibility index (Phi) is 4.67. The standard InChI is InChI=1S/C11H6BrCl2NO3S/c1-17-10(16)8-9(14)15-11(19-8)18-7-3-2-5(12)4-6(7)13/h2-4H,1H3. The Bertz CT molecular complexity index is 632. The average Bonchev–Trinajstić information content (AvgIpc) is 2.73. The van der Waals surface area contributed by atoms with Crippen LogP contribution in [0.4, 0.5) is 0 Å². The molecule has 4 nitrogen and oxygen atoms in total. The Labute approximate surface area is 131 Å². The lowest BCUT2D eigenvalue weighted by Crippen LogP contribution is -1.98. The van der Waals surface area contributed by atoms with Crippen molar-refractivity contribution < 1.29 is 14.3 Å². The fraction of sp³-hybridized carbons (Fsp3) is 0.0909. The Morgan fingerprint density at radius 1 is 1.42 bits per heavy atom. The number of carbonyl (C=O) groups excluding carboxylic acids is 1. The molecule has 0 aliphatic carbocycles. The molecule has 1 aromatic carbocycles. The topological polar surface area (TPSA) is 48.4 Å². The minimum atomic E-state index is -0.556. The van der Waals surface area contributed by atoms with Crippen LogP contribution in [0.5, 0.6) is 10.9 Å². The molecule has 2 aromatic rings. The van der Waals surface area contributed by atoms with Gasteiger partial charge in [0.2, 0.25) is 0 Å². The normalized spacial score (nSPS) is 10.3. The zero-order valence-electron chi connectivity index (χ0n) is 9.45. The number of halogens is 3. The van der Waals surface area contributed by atoms with E-state index < -0.39 is 5.97 Å². The van der Waals surface area contributed by atoms with Crippen molar-refractivity contribution in [1.29, 1.82) is 0 Å². The van der Waals surface area contributed by atoms with Gasteiger partial charge < -0.3 is 9.47 Å². The van der Waals surface area contributed by atoms with Crippen molar-refractivity contribution in [2.75, 3.05) is 7.11 Å². The highest BCUT2D eigenvalue weighted by Gasteiger charge is 2.19. The van der Waals surface area contributed by atoms with Crippen LogP contribution in [0.25, 0.3) is 0 Å². The van der Waals surface area contributed by atoms with Crippen LogP contribution in [0.15, 0.2) is 22.7 Å². The second-order valence-corrected chi connectivity index (χ2v) is 5.91. The second-order valence-electron chi connectivity index (χ2n) is 3.27. The molecule has 0 fully saturated rings. The van der Waals surface area contributed by atoms with E-state index in [0.717, 1.165) is 15.8 Å². The van der Waals surface area contributed by atoms with Gasteiger partial charge in [-0.1, -0.05) is 50.5 Å². The molecule has 0 unspecified atom stereocenters. The monoisotopic (exact) mass is 381 g/mol. The van der Waals surface area contributed by atoms with Gasteiger partial charge in [0.1, 0.15) is 5.75 Å². The summed E-state index contributed by atoms with van der Waals surface area (Å²) in [6.07, 6.45) is 0. The SMILES string of the molecule is COC(=O)c1sc(Oc2ccc(Br)cc2Cl)nc1Cl. The lowest BCUT2D eigenvalue weighted by atomic mass is 10.3. The Morgan fingerprint density at radius 3 is 2.79 bits per heavy atom. The predicted octanol–water partition coefficient (Wildman–Crippen LogP) is 4.79. The van der Waals surface area contributed by atoms with Crippen LogP contribution in [0.1, 0.15) is 9.67 Å². The maximum Gasteiger partial charge on any atom is 0.351 e. The number of carbonyl (C=O) groups is 1. The van der Waals surface area contributed by atoms with Crippen LogP contribution >= 0.6 is 50.5 Å². The maximum atomic E-state index is 11.4. The Morgan fingerprint density at radius 2 is 2.16 bits per heavy atom. The second kappa shape index (κ2) is 6.09. The van der Waals surface area contributed by atoms with Crippen molar-refractivity contribution >= 4 is 56.4 Å². The third-order valence-electron chi connectivity index (χ3n) is 2.03. The van der Waals surface area contributed by atoms with Gasteiger partial charge in [-0.25, -0.2) is 4.79 Å². The van der Waals surface area contributed by atoms with Gasteiger partial charge in [-0.05, 0) is 18.2 Å². The first-order chi connectivity index (χ1) is 9.01. The lowest BCUT2D eigenvalue weighted by Gasteiger charge is -2.03. The summed E-state index contributed by atoms with van der Waals surface area (Å²) in [7, 11) is 1.27. The fourth-order valence-electron chi connectivity index (χ4n) is 1.20. The third-order valence-corrected chi connectivity index (χ3v) is 4.12. The molecule has 8 heteroatoms. The number of ether oxygens (including phenoxy) is 2. The molecule has 1 heterocycles. The van der Waals surface area contributed by atoms with E-state index >= 15 is 0 Å². The van der Waals surface area contributed by atoms with Crippen LogP contribution in [-0.4, -0.2) is 18.1 Å². The molecular weight excluding hydrogens is 377 g/mol. The van der Waals surface area contributed by atoms with E-state index in [4.69, 9.17) is 27.9 Å². The van der Waals surface area contributed by atoms with Crippen molar-refractivity contribution in [1.82, 2.24) is 4.98 Å². The van der Waals surface area contributed by atoms with Gasteiger partial charge >= 0.3 is 5.97 Å².